The summed E-state index contributed by atoms with van der Waals surface area (Å²) in [5.74, 6) is 0.0498. The van der Waals surface area contributed by atoms with Gasteiger partial charge in [0.2, 0.25) is 11.8 Å². The van der Waals surface area contributed by atoms with Crippen LogP contribution in [0, 0.1) is 5.41 Å². The molecule has 1 fully saturated rings. The molecule has 0 aromatic heterocycles. The lowest BCUT2D eigenvalue weighted by Crippen LogP contribution is -2.57. The van der Waals surface area contributed by atoms with Crippen molar-refractivity contribution in [3.05, 3.63) is 0 Å². The highest BCUT2D eigenvalue weighted by Gasteiger charge is 2.32. The molecule has 8 heteroatoms. The van der Waals surface area contributed by atoms with Gasteiger partial charge in [-0.15, -0.1) is 24.8 Å². The van der Waals surface area contributed by atoms with Crippen LogP contribution in [0.15, 0.2) is 0 Å². The minimum atomic E-state index is -0.475. The molecule has 0 aromatic carbocycles. The van der Waals surface area contributed by atoms with E-state index in [2.05, 4.69) is 10.2 Å². The van der Waals surface area contributed by atoms with Crippen LogP contribution in [0.1, 0.15) is 27.7 Å². The monoisotopic (exact) mass is 356 g/mol. The summed E-state index contributed by atoms with van der Waals surface area (Å²) in [6.45, 7) is 11.6. The quantitative estimate of drug-likeness (QED) is 0.767. The number of nitrogens with two attached hydrogens (primary N) is 1. The van der Waals surface area contributed by atoms with Crippen LogP contribution in [0.3, 0.4) is 0 Å². The minimum Gasteiger partial charge on any atom is -0.355 e. The van der Waals surface area contributed by atoms with E-state index in [1.807, 2.05) is 32.6 Å². The number of halogens is 2. The van der Waals surface area contributed by atoms with E-state index in [4.69, 9.17) is 5.73 Å². The van der Waals surface area contributed by atoms with Crippen LogP contribution in [0.5, 0.6) is 0 Å². The summed E-state index contributed by atoms with van der Waals surface area (Å²) in [6, 6.07) is -0.475. The van der Waals surface area contributed by atoms with Crippen LogP contribution in [-0.4, -0.2) is 66.9 Å². The highest BCUT2D eigenvalue weighted by atomic mass is 35.5. The van der Waals surface area contributed by atoms with Crippen molar-refractivity contribution in [3.8, 4) is 0 Å². The third kappa shape index (κ3) is 7.13. The first-order valence-electron chi connectivity index (χ1n) is 7.29. The van der Waals surface area contributed by atoms with Crippen LogP contribution in [0.2, 0.25) is 0 Å². The summed E-state index contributed by atoms with van der Waals surface area (Å²) in [5.41, 5.74) is 5.78. The fourth-order valence-corrected chi connectivity index (χ4v) is 2.15. The molecule has 1 heterocycles. The summed E-state index contributed by atoms with van der Waals surface area (Å²) >= 11 is 0. The van der Waals surface area contributed by atoms with Gasteiger partial charge in [0.05, 0.1) is 12.6 Å². The van der Waals surface area contributed by atoms with Gasteiger partial charge in [-0.05, 0) is 12.3 Å². The first kappa shape index (κ1) is 23.7. The van der Waals surface area contributed by atoms with Gasteiger partial charge in [-0.1, -0.05) is 20.8 Å². The standard InChI is InChI=1S/C14H28N4O2.2ClH/c1-5-16-11(19)10-17-6-8-18(9-7-17)13(20)12(15)14(2,3)4;;/h12H,5-10,15H2,1-4H3,(H,16,19);2*1H/t12-;;/m1../s1. The van der Waals surface area contributed by atoms with Gasteiger partial charge in [0, 0.05) is 32.7 Å². The Kier molecular flexibility index (Phi) is 11.1. The Morgan fingerprint density at radius 2 is 1.64 bits per heavy atom. The van der Waals surface area contributed by atoms with Crippen molar-refractivity contribution in [1.29, 1.82) is 0 Å². The first-order valence-corrected chi connectivity index (χ1v) is 7.29. The van der Waals surface area contributed by atoms with Gasteiger partial charge in [-0.3, -0.25) is 14.5 Å². The Balaban J connectivity index is 0. The number of hydrogen-bond acceptors (Lipinski definition) is 4. The Morgan fingerprint density at radius 3 is 2.05 bits per heavy atom. The number of hydrogen-bond donors (Lipinski definition) is 2. The summed E-state index contributed by atoms with van der Waals surface area (Å²) in [5, 5.41) is 2.78. The zero-order chi connectivity index (χ0) is 15.3. The molecule has 0 bridgehead atoms. The molecule has 0 radical (unpaired) electrons. The van der Waals surface area contributed by atoms with E-state index in [9.17, 15) is 9.59 Å². The molecule has 0 unspecified atom stereocenters. The molecule has 3 N–H and O–H groups in total. The molecule has 2 amide bonds. The van der Waals surface area contributed by atoms with E-state index in [1.165, 1.54) is 0 Å². The zero-order valence-electron chi connectivity index (χ0n) is 13.9. The molecule has 1 atom stereocenters. The lowest BCUT2D eigenvalue weighted by atomic mass is 9.86. The average Bonchev–Trinajstić information content (AvgIpc) is 2.37. The van der Waals surface area contributed by atoms with Crippen molar-refractivity contribution in [2.45, 2.75) is 33.7 Å². The number of nitrogens with zero attached hydrogens (tertiary/aromatic N) is 2. The molecular weight excluding hydrogens is 327 g/mol. The molecule has 6 nitrogen and oxygen atoms in total. The highest BCUT2D eigenvalue weighted by molar-refractivity contribution is 5.85. The number of carbonyl (C=O) groups is 2. The minimum absolute atomic E-state index is 0. The number of amides is 2. The summed E-state index contributed by atoms with van der Waals surface area (Å²) < 4.78 is 0. The first-order chi connectivity index (χ1) is 9.25. The van der Waals surface area contributed by atoms with Crippen LogP contribution < -0.4 is 11.1 Å². The van der Waals surface area contributed by atoms with Gasteiger partial charge in [-0.2, -0.15) is 0 Å². The second-order valence-electron chi connectivity index (χ2n) is 6.40. The van der Waals surface area contributed by atoms with Crippen molar-refractivity contribution in [3.63, 3.8) is 0 Å². The van der Waals surface area contributed by atoms with Crippen LogP contribution in [-0.2, 0) is 9.59 Å². The molecule has 1 aliphatic heterocycles. The van der Waals surface area contributed by atoms with Gasteiger partial charge in [0.1, 0.15) is 0 Å². The molecule has 0 spiro atoms. The summed E-state index contributed by atoms with van der Waals surface area (Å²) in [7, 11) is 0. The number of rotatable bonds is 4. The third-order valence-electron chi connectivity index (χ3n) is 3.62. The van der Waals surface area contributed by atoms with Gasteiger partial charge >= 0.3 is 0 Å². The second kappa shape index (κ2) is 10.3. The van der Waals surface area contributed by atoms with E-state index in [1.54, 1.807) is 0 Å². The van der Waals surface area contributed by atoms with Gasteiger partial charge in [-0.25, -0.2) is 0 Å². The molecule has 1 rings (SSSR count). The topological polar surface area (TPSA) is 78.7 Å². The molecule has 0 aromatic rings. The van der Waals surface area contributed by atoms with Crippen molar-refractivity contribution < 1.29 is 9.59 Å². The van der Waals surface area contributed by atoms with Crippen LogP contribution in [0.4, 0.5) is 0 Å². The SMILES string of the molecule is CCNC(=O)CN1CCN(C(=O)[C@@H](N)C(C)(C)C)CC1.Cl.Cl. The fraction of sp³-hybridized carbons (Fsp3) is 0.857. The fourth-order valence-electron chi connectivity index (χ4n) is 2.15. The lowest BCUT2D eigenvalue weighted by molar-refractivity contribution is -0.136. The van der Waals surface area contributed by atoms with Gasteiger partial charge < -0.3 is 16.0 Å². The predicted octanol–water partition coefficient (Wildman–Crippen LogP) is 0.484. The Morgan fingerprint density at radius 1 is 1.14 bits per heavy atom. The maximum absolute atomic E-state index is 12.3. The largest absolute Gasteiger partial charge is 0.355 e. The van der Waals surface area contributed by atoms with Crippen LogP contribution >= 0.6 is 24.8 Å². The molecule has 22 heavy (non-hydrogen) atoms. The molecule has 0 aliphatic carbocycles. The lowest BCUT2D eigenvalue weighted by Gasteiger charge is -2.37. The average molecular weight is 357 g/mol. The summed E-state index contributed by atoms with van der Waals surface area (Å²) in [4.78, 5) is 27.7. The molecule has 1 aliphatic rings. The van der Waals surface area contributed by atoms with E-state index < -0.39 is 6.04 Å². The van der Waals surface area contributed by atoms with E-state index in [-0.39, 0.29) is 42.0 Å². The second-order valence-corrected chi connectivity index (χ2v) is 6.40. The van der Waals surface area contributed by atoms with Crippen LogP contribution in [0.25, 0.3) is 0 Å². The van der Waals surface area contributed by atoms with E-state index in [0.29, 0.717) is 26.2 Å². The van der Waals surface area contributed by atoms with Crippen molar-refractivity contribution in [1.82, 2.24) is 15.1 Å². The number of likely N-dealkylation sites (N-methyl/N-ethyl adjacent to an activating group) is 1. The Labute approximate surface area is 146 Å². The van der Waals surface area contributed by atoms with Crippen molar-refractivity contribution in [2.75, 3.05) is 39.3 Å². The Bertz CT molecular complexity index is 353. The number of piperazine rings is 1. The smallest absolute Gasteiger partial charge is 0.240 e. The number of nitrogens with one attached hydrogen (secondary N) is 1. The van der Waals surface area contributed by atoms with E-state index >= 15 is 0 Å². The van der Waals surface area contributed by atoms with Gasteiger partial charge in [0.25, 0.3) is 0 Å². The van der Waals surface area contributed by atoms with Crippen molar-refractivity contribution in [2.24, 2.45) is 11.1 Å². The number of carbonyl (C=O) groups excluding carboxylic acids is 2. The normalized spacial score (nSPS) is 17.0. The zero-order valence-corrected chi connectivity index (χ0v) is 15.6. The van der Waals surface area contributed by atoms with Crippen molar-refractivity contribution >= 4 is 36.6 Å². The molecular formula is C14H30Cl2N4O2. The molecule has 0 saturated carbocycles. The highest BCUT2D eigenvalue weighted by Crippen LogP contribution is 2.19. The Hall–Kier alpha value is -0.560. The maximum Gasteiger partial charge on any atom is 0.240 e. The van der Waals surface area contributed by atoms with Gasteiger partial charge in [0.15, 0.2) is 0 Å². The molecule has 1 saturated heterocycles. The molecule has 132 valence electrons. The third-order valence-corrected chi connectivity index (χ3v) is 3.62. The predicted molar refractivity (Wildman–Crippen MR) is 93.6 cm³/mol. The van der Waals surface area contributed by atoms with E-state index in [0.717, 1.165) is 13.1 Å². The maximum atomic E-state index is 12.3. The summed E-state index contributed by atoms with van der Waals surface area (Å²) in [6.07, 6.45) is 0.